The van der Waals surface area contributed by atoms with Crippen molar-refractivity contribution in [1.82, 2.24) is 25.0 Å². The first-order valence-electron chi connectivity index (χ1n) is 11.8. The molecule has 0 aliphatic carbocycles. The van der Waals surface area contributed by atoms with Crippen molar-refractivity contribution < 1.29 is 22.7 Å². The minimum Gasteiger partial charge on any atom is -0.402 e. The van der Waals surface area contributed by atoms with Crippen LogP contribution in [-0.2, 0) is 12.0 Å². The lowest BCUT2D eigenvalue weighted by atomic mass is 9.82. The summed E-state index contributed by atoms with van der Waals surface area (Å²) in [6, 6.07) is 9.38. The molecule has 0 bridgehead atoms. The second-order valence-electron chi connectivity index (χ2n) is 9.51. The zero-order valence-corrected chi connectivity index (χ0v) is 21.0. The molecule has 4 heterocycles. The average molecular weight is 546 g/mol. The Morgan fingerprint density at radius 3 is 2.76 bits per heavy atom. The van der Waals surface area contributed by atoms with E-state index in [2.05, 4.69) is 20.1 Å². The van der Waals surface area contributed by atoms with Crippen molar-refractivity contribution in [2.75, 3.05) is 18.8 Å². The van der Waals surface area contributed by atoms with Crippen LogP contribution < -0.4 is 15.8 Å². The van der Waals surface area contributed by atoms with Crippen LogP contribution in [0.25, 0.3) is 11.3 Å². The number of amides is 2. The molecule has 3 N–H and O–H groups in total. The normalized spacial score (nSPS) is 19.3. The molecular weight excluding hydrogens is 523 g/mol. The molecule has 1 unspecified atom stereocenters. The molecule has 2 aliphatic rings. The van der Waals surface area contributed by atoms with Gasteiger partial charge in [-0.3, -0.25) is 4.68 Å². The number of fused-ring (bicyclic) bond motifs is 2. The molecule has 2 aliphatic heterocycles. The number of nitrogens with two attached hydrogens (primary N) is 1. The van der Waals surface area contributed by atoms with Crippen LogP contribution in [0.15, 0.2) is 36.5 Å². The summed E-state index contributed by atoms with van der Waals surface area (Å²) < 4.78 is 44.0. The maximum absolute atomic E-state index is 13.1. The van der Waals surface area contributed by atoms with Crippen LogP contribution in [0.2, 0.25) is 5.02 Å². The Bertz CT molecular complexity index is 1450. The number of carbonyl (C=O) groups excluding carboxylic acids is 1. The van der Waals surface area contributed by atoms with Gasteiger partial charge >= 0.3 is 12.4 Å². The van der Waals surface area contributed by atoms with Crippen molar-refractivity contribution in [3.05, 3.63) is 58.4 Å². The third kappa shape index (κ3) is 4.81. The van der Waals surface area contributed by atoms with E-state index in [0.717, 1.165) is 18.5 Å². The molecule has 1 spiro atoms. The van der Waals surface area contributed by atoms with Gasteiger partial charge in [0.25, 0.3) is 0 Å². The Kier molecular flexibility index (Phi) is 6.35. The van der Waals surface area contributed by atoms with Gasteiger partial charge in [0, 0.05) is 47.5 Å². The van der Waals surface area contributed by atoms with E-state index in [-0.39, 0.29) is 23.3 Å². The molecule has 2 aromatic heterocycles. The molecule has 0 saturated carbocycles. The number of aryl methyl sites for hydroxylation is 1. The van der Waals surface area contributed by atoms with Crippen LogP contribution in [0.5, 0.6) is 5.75 Å². The van der Waals surface area contributed by atoms with Crippen molar-refractivity contribution in [2.24, 2.45) is 0 Å². The number of benzene rings is 1. The zero-order valence-electron chi connectivity index (χ0n) is 20.2. The van der Waals surface area contributed by atoms with Gasteiger partial charge in [-0.25, -0.2) is 9.78 Å². The number of hydrogen-bond donors (Lipinski definition) is 2. The van der Waals surface area contributed by atoms with Crippen molar-refractivity contribution in [3.8, 4) is 23.1 Å². The number of rotatable bonds is 4. The standard InChI is InChI=1S/C25H23ClF3N7O2/c1-14(17-3-2-15(11-30)8-18(17)26)33-23(37)35-6-4-24(13-35)5-7-36-21(24)10-19(34-36)16-9-20(22(31)32-12-16)38-25(27,28)29/h2-3,8-10,12,14H,4-7,13H2,1H3,(H2,31,32)(H,33,37)/t14-,24?/m1/s1. The summed E-state index contributed by atoms with van der Waals surface area (Å²) in [5, 5.41) is 17.0. The minimum absolute atomic E-state index is 0.232. The van der Waals surface area contributed by atoms with Gasteiger partial charge in [0.1, 0.15) is 0 Å². The number of nitriles is 1. The third-order valence-corrected chi connectivity index (χ3v) is 7.43. The molecule has 0 radical (unpaired) electrons. The van der Waals surface area contributed by atoms with Gasteiger partial charge in [0.05, 0.1) is 23.4 Å². The van der Waals surface area contributed by atoms with Gasteiger partial charge in [0.2, 0.25) is 0 Å². The first kappa shape index (κ1) is 25.7. The Morgan fingerprint density at radius 1 is 1.29 bits per heavy atom. The summed E-state index contributed by atoms with van der Waals surface area (Å²) in [6.07, 6.45) is -2.03. The Labute approximate surface area is 220 Å². The summed E-state index contributed by atoms with van der Waals surface area (Å²) >= 11 is 6.30. The molecule has 2 atom stereocenters. The van der Waals surface area contributed by atoms with E-state index >= 15 is 0 Å². The van der Waals surface area contributed by atoms with E-state index in [0.29, 0.717) is 47.0 Å². The first-order valence-corrected chi connectivity index (χ1v) is 12.2. The monoisotopic (exact) mass is 545 g/mol. The van der Waals surface area contributed by atoms with E-state index in [1.807, 2.05) is 23.7 Å². The van der Waals surface area contributed by atoms with Gasteiger partial charge in [-0.05, 0) is 49.6 Å². The number of nitrogen functional groups attached to an aromatic ring is 1. The van der Waals surface area contributed by atoms with Crippen LogP contribution in [0.4, 0.5) is 23.8 Å². The molecule has 5 rings (SSSR count). The predicted octanol–water partition coefficient (Wildman–Crippen LogP) is 4.77. The lowest BCUT2D eigenvalue weighted by molar-refractivity contribution is -0.274. The number of nitrogens with one attached hydrogen (secondary N) is 1. The average Bonchev–Trinajstić information content (AvgIpc) is 3.56. The Hall–Kier alpha value is -3.98. The fourth-order valence-corrected chi connectivity index (χ4v) is 5.51. The highest BCUT2D eigenvalue weighted by Crippen LogP contribution is 2.44. The number of ether oxygens (including phenoxy) is 1. The number of alkyl halides is 3. The zero-order chi connectivity index (χ0) is 27.2. The molecule has 2 amide bonds. The minimum atomic E-state index is -4.90. The fraction of sp³-hybridized carbons (Fsp3) is 0.360. The number of halogens is 4. The van der Waals surface area contributed by atoms with E-state index in [4.69, 9.17) is 22.6 Å². The Balaban J connectivity index is 1.31. The van der Waals surface area contributed by atoms with Gasteiger partial charge in [-0.15, -0.1) is 13.2 Å². The van der Waals surface area contributed by atoms with Crippen LogP contribution in [0.1, 0.15) is 42.6 Å². The smallest absolute Gasteiger partial charge is 0.402 e. The summed E-state index contributed by atoms with van der Waals surface area (Å²) in [6.45, 7) is 3.45. The van der Waals surface area contributed by atoms with Crippen molar-refractivity contribution in [1.29, 1.82) is 5.26 Å². The quantitative estimate of drug-likeness (QED) is 0.487. The highest BCUT2D eigenvalue weighted by atomic mass is 35.5. The van der Waals surface area contributed by atoms with Crippen molar-refractivity contribution in [3.63, 3.8) is 0 Å². The summed E-state index contributed by atoms with van der Waals surface area (Å²) in [7, 11) is 0. The van der Waals surface area contributed by atoms with Crippen molar-refractivity contribution >= 4 is 23.4 Å². The fourth-order valence-electron chi connectivity index (χ4n) is 5.17. The van der Waals surface area contributed by atoms with E-state index in [1.165, 1.54) is 12.3 Å². The molecule has 9 nitrogen and oxygen atoms in total. The second kappa shape index (κ2) is 9.40. The topological polar surface area (TPSA) is 122 Å². The molecule has 1 saturated heterocycles. The summed E-state index contributed by atoms with van der Waals surface area (Å²) in [4.78, 5) is 18.7. The highest BCUT2D eigenvalue weighted by molar-refractivity contribution is 6.31. The maximum atomic E-state index is 13.1. The molecule has 198 valence electrons. The van der Waals surface area contributed by atoms with Crippen LogP contribution >= 0.6 is 11.6 Å². The molecule has 38 heavy (non-hydrogen) atoms. The van der Waals surface area contributed by atoms with Crippen molar-refractivity contribution in [2.45, 2.75) is 44.1 Å². The summed E-state index contributed by atoms with van der Waals surface area (Å²) in [5.74, 6) is -0.957. The molecule has 3 aromatic rings. The second-order valence-corrected chi connectivity index (χ2v) is 9.92. The number of aromatic nitrogens is 3. The van der Waals surface area contributed by atoms with Crippen LogP contribution in [0.3, 0.4) is 0 Å². The molecule has 13 heteroatoms. The number of urea groups is 1. The Morgan fingerprint density at radius 2 is 2.05 bits per heavy atom. The highest BCUT2D eigenvalue weighted by Gasteiger charge is 2.47. The van der Waals surface area contributed by atoms with E-state index in [1.54, 1.807) is 23.1 Å². The first-order chi connectivity index (χ1) is 18.0. The maximum Gasteiger partial charge on any atom is 0.573 e. The number of anilines is 1. The number of hydrogen-bond acceptors (Lipinski definition) is 6. The predicted molar refractivity (Wildman–Crippen MR) is 132 cm³/mol. The number of pyridine rings is 1. The van der Waals surface area contributed by atoms with Crippen LogP contribution in [0, 0.1) is 11.3 Å². The molecular formula is C25H23ClF3N7O2. The van der Waals surface area contributed by atoms with Gasteiger partial charge in [-0.1, -0.05) is 17.7 Å². The van der Waals surface area contributed by atoms with Gasteiger partial charge in [-0.2, -0.15) is 10.4 Å². The van der Waals surface area contributed by atoms with Gasteiger partial charge in [0.15, 0.2) is 11.6 Å². The van der Waals surface area contributed by atoms with E-state index in [9.17, 15) is 18.0 Å². The third-order valence-electron chi connectivity index (χ3n) is 7.11. The number of nitrogens with zero attached hydrogens (tertiary/aromatic N) is 5. The largest absolute Gasteiger partial charge is 0.573 e. The number of carbonyl (C=O) groups is 1. The van der Waals surface area contributed by atoms with E-state index < -0.39 is 12.1 Å². The lowest BCUT2D eigenvalue weighted by Gasteiger charge is -2.25. The number of likely N-dealkylation sites (tertiary alicyclic amines) is 1. The van der Waals surface area contributed by atoms with Gasteiger partial charge < -0.3 is 20.7 Å². The van der Waals surface area contributed by atoms with Crippen LogP contribution in [-0.4, -0.2) is 45.1 Å². The summed E-state index contributed by atoms with van der Waals surface area (Å²) in [5.41, 5.74) is 8.10. The SMILES string of the molecule is C[C@@H](NC(=O)N1CCC2(CCn3nc(-c4cnc(N)c(OC(F)(F)F)c4)cc32)C1)c1ccc(C#N)cc1Cl. The molecule has 1 fully saturated rings. The molecule has 1 aromatic carbocycles. The lowest BCUT2D eigenvalue weighted by Crippen LogP contribution is -2.41.